The predicted octanol–water partition coefficient (Wildman–Crippen LogP) is 3.32. The van der Waals surface area contributed by atoms with Crippen LogP contribution in [0.4, 0.5) is 15.0 Å². The average molecular weight is 458 g/mol. The van der Waals surface area contributed by atoms with Gasteiger partial charge >= 0.3 is 6.09 Å². The maximum atomic E-state index is 14.1. The van der Waals surface area contributed by atoms with E-state index in [-0.39, 0.29) is 12.5 Å². The molecule has 1 saturated heterocycles. The molecule has 0 saturated carbocycles. The summed E-state index contributed by atoms with van der Waals surface area (Å²) >= 11 is 6.25. The van der Waals surface area contributed by atoms with Crippen molar-refractivity contribution < 1.29 is 13.9 Å². The first-order valence-corrected chi connectivity index (χ1v) is 10.7. The smallest absolute Gasteiger partial charge is 0.410 e. The average Bonchev–Trinajstić information content (AvgIpc) is 3.14. The summed E-state index contributed by atoms with van der Waals surface area (Å²) in [4.78, 5) is 23.6. The Hall–Kier alpha value is -3.27. The standard InChI is InChI=1S/C21H21ClFN7O2/c1-32-21(31)29-10-14-8-15(22)2-3-17(14)30-18(11-29)26-27-19(30)13-4-6-28(7-5-13)20-16(23)9-24-12-25-20/h2-3,8-9,12-13H,4-7,10-11H2,1H3. The van der Waals surface area contributed by atoms with Gasteiger partial charge in [-0.2, -0.15) is 0 Å². The third-order valence-electron chi connectivity index (χ3n) is 5.97. The molecule has 166 valence electrons. The van der Waals surface area contributed by atoms with Crippen LogP contribution in [-0.2, 0) is 17.8 Å². The highest BCUT2D eigenvalue weighted by Gasteiger charge is 2.32. The van der Waals surface area contributed by atoms with Gasteiger partial charge in [0.05, 0.1) is 32.1 Å². The number of fused-ring (bicyclic) bond motifs is 3. The van der Waals surface area contributed by atoms with Gasteiger partial charge in [0, 0.05) is 24.0 Å². The summed E-state index contributed by atoms with van der Waals surface area (Å²) in [6, 6.07) is 5.61. The monoisotopic (exact) mass is 457 g/mol. The van der Waals surface area contributed by atoms with E-state index in [4.69, 9.17) is 16.3 Å². The second kappa shape index (κ2) is 8.34. The molecular weight excluding hydrogens is 437 g/mol. The van der Waals surface area contributed by atoms with Gasteiger partial charge in [-0.25, -0.2) is 19.2 Å². The minimum absolute atomic E-state index is 0.130. The second-order valence-electron chi connectivity index (χ2n) is 7.86. The van der Waals surface area contributed by atoms with Gasteiger partial charge in [0.2, 0.25) is 0 Å². The lowest BCUT2D eigenvalue weighted by Crippen LogP contribution is -2.35. The highest BCUT2D eigenvalue weighted by molar-refractivity contribution is 6.30. The zero-order valence-corrected chi connectivity index (χ0v) is 18.2. The molecule has 11 heteroatoms. The van der Waals surface area contributed by atoms with E-state index in [1.54, 1.807) is 4.90 Å². The van der Waals surface area contributed by atoms with Crippen molar-refractivity contribution in [2.24, 2.45) is 0 Å². The first-order chi connectivity index (χ1) is 15.5. The summed E-state index contributed by atoms with van der Waals surface area (Å²) in [5, 5.41) is 9.50. The Kier molecular flexibility index (Phi) is 5.38. The Balaban J connectivity index is 1.46. The molecule has 0 atom stereocenters. The number of nitrogens with zero attached hydrogens (tertiary/aromatic N) is 7. The van der Waals surface area contributed by atoms with Crippen LogP contribution < -0.4 is 4.90 Å². The summed E-state index contributed by atoms with van der Waals surface area (Å²) in [5.41, 5.74) is 1.79. The van der Waals surface area contributed by atoms with Gasteiger partial charge in [-0.1, -0.05) is 11.6 Å². The zero-order chi connectivity index (χ0) is 22.2. The van der Waals surface area contributed by atoms with Gasteiger partial charge in [0.15, 0.2) is 17.5 Å². The molecule has 0 N–H and O–H groups in total. The minimum Gasteiger partial charge on any atom is -0.453 e. The van der Waals surface area contributed by atoms with E-state index in [1.165, 1.54) is 19.6 Å². The number of ether oxygens (including phenoxy) is 1. The quantitative estimate of drug-likeness (QED) is 0.583. The highest BCUT2D eigenvalue weighted by atomic mass is 35.5. The van der Waals surface area contributed by atoms with Crippen molar-refractivity contribution in [2.45, 2.75) is 31.8 Å². The summed E-state index contributed by atoms with van der Waals surface area (Å²) in [6.45, 7) is 1.92. The number of carbonyl (C=O) groups excluding carboxylic acids is 1. The zero-order valence-electron chi connectivity index (χ0n) is 17.4. The third-order valence-corrected chi connectivity index (χ3v) is 6.21. The van der Waals surface area contributed by atoms with Gasteiger partial charge < -0.3 is 9.64 Å². The molecule has 5 rings (SSSR count). The lowest BCUT2D eigenvalue weighted by Gasteiger charge is -2.32. The van der Waals surface area contributed by atoms with Gasteiger partial charge in [0.1, 0.15) is 12.2 Å². The summed E-state index contributed by atoms with van der Waals surface area (Å²) in [5.74, 6) is 1.53. The lowest BCUT2D eigenvalue weighted by atomic mass is 9.95. The van der Waals surface area contributed by atoms with Gasteiger partial charge in [0.25, 0.3) is 0 Å². The summed E-state index contributed by atoms with van der Waals surface area (Å²) in [7, 11) is 1.36. The van der Waals surface area contributed by atoms with Gasteiger partial charge in [-0.3, -0.25) is 9.47 Å². The Morgan fingerprint density at radius 2 is 2.03 bits per heavy atom. The SMILES string of the molecule is COC(=O)N1Cc2cc(Cl)ccc2-n2c(nnc2C2CCN(c3ncncc3F)CC2)C1. The normalized spacial score (nSPS) is 16.3. The van der Waals surface area contributed by atoms with Crippen LogP contribution in [-0.4, -0.2) is 55.9 Å². The molecule has 1 amide bonds. The second-order valence-corrected chi connectivity index (χ2v) is 8.30. The van der Waals surface area contributed by atoms with E-state index >= 15 is 0 Å². The number of methoxy groups -OCH3 is 1. The molecule has 0 aliphatic carbocycles. The lowest BCUT2D eigenvalue weighted by molar-refractivity contribution is 0.117. The molecule has 2 aliphatic heterocycles. The third kappa shape index (κ3) is 3.64. The van der Waals surface area contributed by atoms with E-state index in [0.717, 1.165) is 29.9 Å². The first-order valence-electron chi connectivity index (χ1n) is 10.3. The van der Waals surface area contributed by atoms with Crippen molar-refractivity contribution in [1.82, 2.24) is 29.6 Å². The molecule has 0 bridgehead atoms. The van der Waals surface area contributed by atoms with E-state index in [1.807, 2.05) is 27.7 Å². The molecule has 3 aromatic rings. The highest BCUT2D eigenvalue weighted by Crippen LogP contribution is 2.34. The van der Waals surface area contributed by atoms with Crippen LogP contribution in [0.15, 0.2) is 30.7 Å². The Bertz CT molecular complexity index is 1160. The molecule has 1 aromatic carbocycles. The van der Waals surface area contributed by atoms with E-state index in [0.29, 0.717) is 36.3 Å². The van der Waals surface area contributed by atoms with Crippen LogP contribution >= 0.6 is 11.6 Å². The largest absolute Gasteiger partial charge is 0.453 e. The predicted molar refractivity (Wildman–Crippen MR) is 114 cm³/mol. The Morgan fingerprint density at radius 1 is 1.22 bits per heavy atom. The van der Waals surface area contributed by atoms with Crippen molar-refractivity contribution in [3.63, 3.8) is 0 Å². The Labute approximate surface area is 188 Å². The maximum Gasteiger partial charge on any atom is 0.410 e. The van der Waals surface area contributed by atoms with Gasteiger partial charge in [-0.15, -0.1) is 10.2 Å². The fourth-order valence-electron chi connectivity index (χ4n) is 4.44. The summed E-state index contributed by atoms with van der Waals surface area (Å²) in [6.07, 6.45) is 3.64. The maximum absolute atomic E-state index is 14.1. The number of anilines is 1. The molecule has 1 fully saturated rings. The fourth-order valence-corrected chi connectivity index (χ4v) is 4.63. The molecule has 0 radical (unpaired) electrons. The molecule has 2 aliphatic rings. The molecule has 32 heavy (non-hydrogen) atoms. The number of halogens is 2. The van der Waals surface area contributed by atoms with E-state index in [2.05, 4.69) is 20.2 Å². The molecule has 4 heterocycles. The van der Waals surface area contributed by atoms with Crippen molar-refractivity contribution >= 4 is 23.5 Å². The van der Waals surface area contributed by atoms with Crippen LogP contribution in [0.3, 0.4) is 0 Å². The van der Waals surface area contributed by atoms with Gasteiger partial charge in [-0.05, 0) is 36.6 Å². The van der Waals surface area contributed by atoms with Crippen molar-refractivity contribution in [1.29, 1.82) is 0 Å². The van der Waals surface area contributed by atoms with E-state index in [9.17, 15) is 9.18 Å². The number of hydrogen-bond acceptors (Lipinski definition) is 7. The molecule has 9 nitrogen and oxygen atoms in total. The first kappa shape index (κ1) is 20.6. The molecule has 0 spiro atoms. The number of aromatic nitrogens is 5. The van der Waals surface area contributed by atoms with Crippen molar-refractivity contribution in [2.75, 3.05) is 25.1 Å². The van der Waals surface area contributed by atoms with Crippen molar-refractivity contribution in [3.8, 4) is 5.69 Å². The number of benzene rings is 1. The summed E-state index contributed by atoms with van der Waals surface area (Å²) < 4.78 is 21.1. The molecule has 2 aromatic heterocycles. The number of rotatable bonds is 2. The van der Waals surface area contributed by atoms with Crippen LogP contribution in [0, 0.1) is 5.82 Å². The van der Waals surface area contributed by atoms with Crippen LogP contribution in [0.1, 0.15) is 36.0 Å². The van der Waals surface area contributed by atoms with Crippen LogP contribution in [0.25, 0.3) is 5.69 Å². The number of carbonyl (C=O) groups is 1. The number of piperidine rings is 1. The molecular formula is C21H21ClFN7O2. The molecule has 0 unspecified atom stereocenters. The number of amides is 1. The fraction of sp³-hybridized carbons (Fsp3) is 0.381. The van der Waals surface area contributed by atoms with Crippen LogP contribution in [0.5, 0.6) is 0 Å². The Morgan fingerprint density at radius 3 is 2.78 bits per heavy atom. The minimum atomic E-state index is -0.436. The van der Waals surface area contributed by atoms with Crippen molar-refractivity contribution in [3.05, 3.63) is 58.8 Å². The van der Waals surface area contributed by atoms with Crippen LogP contribution in [0.2, 0.25) is 5.02 Å². The van der Waals surface area contributed by atoms with E-state index < -0.39 is 11.9 Å². The number of hydrogen-bond donors (Lipinski definition) is 0. The topological polar surface area (TPSA) is 89.3 Å².